The Balaban J connectivity index is 3.12. The molecule has 1 rings (SSSR count). The summed E-state index contributed by atoms with van der Waals surface area (Å²) in [6.45, 7) is 3.66. The lowest BCUT2D eigenvalue weighted by molar-refractivity contribution is -0.142. The van der Waals surface area contributed by atoms with E-state index < -0.39 is 60.2 Å². The van der Waals surface area contributed by atoms with Crippen molar-refractivity contribution in [3.05, 3.63) is 29.8 Å². The van der Waals surface area contributed by atoms with Gasteiger partial charge in [0.25, 0.3) is 0 Å². The van der Waals surface area contributed by atoms with Crippen LogP contribution in [0.1, 0.15) is 38.7 Å². The zero-order valence-corrected chi connectivity index (χ0v) is 21.9. The predicted molar refractivity (Wildman–Crippen MR) is 138 cm³/mol. The third-order valence-corrected chi connectivity index (χ3v) is 5.95. The number of phenolic OH excluding ortho intramolecular Hbond substituents is 1. The molecule has 0 fully saturated rings. The Hall–Kier alpha value is -3.32. The van der Waals surface area contributed by atoms with Gasteiger partial charge in [-0.05, 0) is 48.5 Å². The summed E-state index contributed by atoms with van der Waals surface area (Å²) in [4.78, 5) is 61.2. The number of aromatic hydroxyl groups is 1. The van der Waals surface area contributed by atoms with Gasteiger partial charge >= 0.3 is 11.9 Å². The average Bonchev–Trinajstić information content (AvgIpc) is 2.80. The second-order valence-corrected chi connectivity index (χ2v) is 9.99. The first-order valence-corrected chi connectivity index (χ1v) is 13.1. The fraction of sp³-hybridized carbons (Fsp3) is 0.542. The van der Waals surface area contributed by atoms with Crippen LogP contribution in [-0.4, -0.2) is 81.2 Å². The smallest absolute Gasteiger partial charge is 0.326 e. The van der Waals surface area contributed by atoms with Gasteiger partial charge in [0, 0.05) is 6.42 Å². The van der Waals surface area contributed by atoms with Crippen molar-refractivity contribution in [1.29, 1.82) is 0 Å². The van der Waals surface area contributed by atoms with E-state index in [-0.39, 0.29) is 30.9 Å². The lowest BCUT2D eigenvalue weighted by Crippen LogP contribution is -2.58. The van der Waals surface area contributed by atoms with Crippen LogP contribution < -0.4 is 21.7 Å². The Bertz CT molecular complexity index is 941. The average molecular weight is 541 g/mol. The van der Waals surface area contributed by atoms with Crippen LogP contribution in [0.2, 0.25) is 0 Å². The minimum atomic E-state index is -1.41. The molecule has 0 radical (unpaired) electrons. The lowest BCUT2D eigenvalue weighted by Gasteiger charge is -2.26. The number of benzene rings is 1. The zero-order valence-electron chi connectivity index (χ0n) is 21.1. The van der Waals surface area contributed by atoms with Gasteiger partial charge in [-0.1, -0.05) is 26.0 Å². The first-order valence-electron chi connectivity index (χ1n) is 11.7. The first kappa shape index (κ1) is 31.7. The summed E-state index contributed by atoms with van der Waals surface area (Å²) in [5, 5.41) is 35.4. The molecule has 0 spiro atoms. The fourth-order valence-electron chi connectivity index (χ4n) is 3.38. The fourth-order valence-corrected chi connectivity index (χ4v) is 3.85. The topological polar surface area (TPSA) is 208 Å². The Morgan fingerprint density at radius 1 is 0.892 bits per heavy atom. The number of phenols is 1. The molecular formula is C24H36N4O8S. The van der Waals surface area contributed by atoms with Gasteiger partial charge in [0.05, 0.1) is 12.5 Å². The molecule has 1 aromatic rings. The van der Waals surface area contributed by atoms with Crippen LogP contribution >= 0.6 is 11.8 Å². The number of nitrogens with two attached hydrogens (primary N) is 1. The highest BCUT2D eigenvalue weighted by Gasteiger charge is 2.31. The number of thioether (sulfide) groups is 1. The second-order valence-electron chi connectivity index (χ2n) is 9.01. The van der Waals surface area contributed by atoms with Crippen LogP contribution in [0.25, 0.3) is 0 Å². The molecule has 3 amide bonds. The molecule has 0 aliphatic heterocycles. The Morgan fingerprint density at radius 3 is 1.95 bits per heavy atom. The maximum atomic E-state index is 13.3. The van der Waals surface area contributed by atoms with E-state index in [0.29, 0.717) is 11.3 Å². The van der Waals surface area contributed by atoms with Crippen molar-refractivity contribution < 1.29 is 39.3 Å². The third-order valence-electron chi connectivity index (χ3n) is 5.31. The highest BCUT2D eigenvalue weighted by atomic mass is 32.2. The van der Waals surface area contributed by atoms with Crippen molar-refractivity contribution in [2.45, 2.75) is 63.7 Å². The minimum Gasteiger partial charge on any atom is -0.508 e. The van der Waals surface area contributed by atoms with Crippen molar-refractivity contribution >= 4 is 41.4 Å². The molecule has 37 heavy (non-hydrogen) atoms. The molecule has 0 aromatic heterocycles. The first-order chi connectivity index (χ1) is 17.3. The van der Waals surface area contributed by atoms with Gasteiger partial charge in [0.2, 0.25) is 17.7 Å². The molecule has 206 valence electrons. The number of carbonyl (C=O) groups is 5. The molecule has 8 N–H and O–H groups in total. The number of hydrogen-bond acceptors (Lipinski definition) is 8. The van der Waals surface area contributed by atoms with Crippen molar-refractivity contribution in [1.82, 2.24) is 16.0 Å². The summed E-state index contributed by atoms with van der Waals surface area (Å²) in [7, 11) is 0. The molecule has 12 nitrogen and oxygen atoms in total. The number of hydrogen-bond donors (Lipinski definition) is 7. The summed E-state index contributed by atoms with van der Waals surface area (Å²) < 4.78 is 0. The summed E-state index contributed by atoms with van der Waals surface area (Å²) in [6.07, 6.45) is 1.52. The SMILES string of the molecule is CSCCC(NC(=O)C(CC(C)C)NC(=O)C(Cc1ccc(O)cc1)NC(=O)C(N)CC(=O)O)C(=O)O. The number of aliphatic carboxylic acids is 2. The number of carboxylic acids is 2. The minimum absolute atomic E-state index is 0.000365. The second kappa shape index (κ2) is 15.7. The summed E-state index contributed by atoms with van der Waals surface area (Å²) in [6, 6.07) is 1.03. The molecule has 0 saturated carbocycles. The van der Waals surface area contributed by atoms with Crippen molar-refractivity contribution in [2.75, 3.05) is 12.0 Å². The summed E-state index contributed by atoms with van der Waals surface area (Å²) >= 11 is 1.43. The van der Waals surface area contributed by atoms with Crippen LogP contribution in [0.3, 0.4) is 0 Å². The highest BCUT2D eigenvalue weighted by molar-refractivity contribution is 7.98. The molecule has 13 heteroatoms. The van der Waals surface area contributed by atoms with Gasteiger partial charge in [0.1, 0.15) is 23.9 Å². The van der Waals surface area contributed by atoms with Crippen LogP contribution in [0.4, 0.5) is 0 Å². The quantitative estimate of drug-likeness (QED) is 0.150. The van der Waals surface area contributed by atoms with E-state index >= 15 is 0 Å². The monoisotopic (exact) mass is 540 g/mol. The number of nitrogens with one attached hydrogen (secondary N) is 3. The maximum Gasteiger partial charge on any atom is 0.326 e. The summed E-state index contributed by atoms with van der Waals surface area (Å²) in [5.41, 5.74) is 6.21. The zero-order chi connectivity index (χ0) is 28.1. The van der Waals surface area contributed by atoms with Gasteiger partial charge in [-0.3, -0.25) is 19.2 Å². The molecule has 0 saturated heterocycles. The predicted octanol–water partition coefficient (Wildman–Crippen LogP) is 0.0749. The van der Waals surface area contributed by atoms with Gasteiger partial charge in [0.15, 0.2) is 0 Å². The van der Waals surface area contributed by atoms with E-state index in [2.05, 4.69) is 16.0 Å². The molecule has 4 unspecified atom stereocenters. The molecule has 4 atom stereocenters. The van der Waals surface area contributed by atoms with Gasteiger partial charge in [-0.2, -0.15) is 11.8 Å². The van der Waals surface area contributed by atoms with Crippen LogP contribution in [0.15, 0.2) is 24.3 Å². The number of amides is 3. The van der Waals surface area contributed by atoms with Crippen molar-refractivity contribution in [3.8, 4) is 5.75 Å². The van der Waals surface area contributed by atoms with E-state index in [1.54, 1.807) is 12.1 Å². The maximum absolute atomic E-state index is 13.3. The molecule has 0 bridgehead atoms. The van der Waals surface area contributed by atoms with Gasteiger partial charge < -0.3 is 37.0 Å². The molecule has 0 aliphatic rings. The molecule has 0 aliphatic carbocycles. The highest BCUT2D eigenvalue weighted by Crippen LogP contribution is 2.13. The number of carboxylic acid groups (broad SMARTS) is 2. The van der Waals surface area contributed by atoms with Crippen molar-refractivity contribution in [3.63, 3.8) is 0 Å². The molecule has 1 aromatic carbocycles. The van der Waals surface area contributed by atoms with E-state index in [0.717, 1.165) is 0 Å². The molecular weight excluding hydrogens is 504 g/mol. The number of carbonyl (C=O) groups excluding carboxylic acids is 3. The van der Waals surface area contributed by atoms with Crippen LogP contribution in [0, 0.1) is 5.92 Å². The van der Waals surface area contributed by atoms with E-state index in [1.165, 1.54) is 23.9 Å². The largest absolute Gasteiger partial charge is 0.508 e. The van der Waals surface area contributed by atoms with Gasteiger partial charge in [-0.15, -0.1) is 0 Å². The third kappa shape index (κ3) is 12.0. The summed E-state index contributed by atoms with van der Waals surface area (Å²) in [5.74, 6) is -4.29. The van der Waals surface area contributed by atoms with Gasteiger partial charge in [-0.25, -0.2) is 4.79 Å². The van der Waals surface area contributed by atoms with E-state index in [1.807, 2.05) is 20.1 Å². The standard InChI is InChI=1S/C24H36N4O8S/c1-13(2)10-18(22(33)26-17(24(35)36)8-9-37-3)28-23(34)19(11-14-4-6-15(29)7-5-14)27-21(32)16(25)12-20(30)31/h4-7,13,16-19,29H,8-12,25H2,1-3H3,(H,26,33)(H,27,32)(H,28,34)(H,30,31)(H,35,36). The Morgan fingerprint density at radius 2 is 1.43 bits per heavy atom. The van der Waals surface area contributed by atoms with E-state index in [4.69, 9.17) is 10.8 Å². The normalized spacial score (nSPS) is 14.2. The Kier molecular flexibility index (Phi) is 13.5. The lowest BCUT2D eigenvalue weighted by atomic mass is 10.00. The van der Waals surface area contributed by atoms with Crippen LogP contribution in [0.5, 0.6) is 5.75 Å². The van der Waals surface area contributed by atoms with Crippen molar-refractivity contribution in [2.24, 2.45) is 11.7 Å². The molecule has 0 heterocycles. The van der Waals surface area contributed by atoms with Crippen LogP contribution in [-0.2, 0) is 30.4 Å². The number of rotatable bonds is 16. The Labute approximate surface area is 219 Å². The van der Waals surface area contributed by atoms with E-state index in [9.17, 15) is 34.2 Å².